The summed E-state index contributed by atoms with van der Waals surface area (Å²) in [5.74, 6) is -11.8. The zero-order chi connectivity index (χ0) is 44.5. The number of carboxylic acid groups (broad SMARTS) is 2. The number of nitrogens with two attached hydrogens (primary N) is 2. The van der Waals surface area contributed by atoms with Crippen molar-refractivity contribution in [3.8, 4) is 0 Å². The standard InChI is InChI=1S/C39H51N9O12/c1-20(2)13-25-35(56)46-28(18-32(52)53)38(59)48-29(19-42-30(49)16-26(36(57)45-25)44-34(55)23(40)14-21-9-5-3-6-10-21)39(60)47-27(17-31(50)51)37(58)43-24(33(41)54)15-22-11-7-4-8-12-22/h3-12,20,23-29H,13-19,40H2,1-2H3,(H2,41,54)(H,42,49)(H,43,58)(H,44,55)(H,45,57)(H,46,56)(H,47,60)(H,48,59)(H,50,51)(H,52,53)/t23-,24+,25-,26-,27+,28-,29-/m0/s1. The lowest BCUT2D eigenvalue weighted by Crippen LogP contribution is -2.63. The van der Waals surface area contributed by atoms with Gasteiger partial charge in [-0.1, -0.05) is 74.5 Å². The van der Waals surface area contributed by atoms with Crippen molar-refractivity contribution in [1.82, 2.24) is 37.2 Å². The third kappa shape index (κ3) is 15.8. The number of carboxylic acids is 2. The lowest BCUT2D eigenvalue weighted by molar-refractivity contribution is -0.142. The number of benzene rings is 2. The van der Waals surface area contributed by atoms with Gasteiger partial charge in [0.05, 0.1) is 25.3 Å². The number of carbonyl (C=O) groups excluding carboxylic acids is 8. The number of primary amides is 1. The van der Waals surface area contributed by atoms with Crippen LogP contribution in [0.2, 0.25) is 0 Å². The Hall–Kier alpha value is -6.90. The predicted octanol–water partition coefficient (Wildman–Crippen LogP) is -3.29. The molecule has 0 spiro atoms. The molecular formula is C39H51N9O12. The van der Waals surface area contributed by atoms with Gasteiger partial charge >= 0.3 is 11.9 Å². The average molecular weight is 838 g/mol. The van der Waals surface area contributed by atoms with Crippen molar-refractivity contribution in [1.29, 1.82) is 0 Å². The van der Waals surface area contributed by atoms with E-state index >= 15 is 0 Å². The van der Waals surface area contributed by atoms with Gasteiger partial charge < -0.3 is 58.9 Å². The van der Waals surface area contributed by atoms with Crippen molar-refractivity contribution in [3.05, 3.63) is 71.8 Å². The summed E-state index contributed by atoms with van der Waals surface area (Å²) in [7, 11) is 0. The van der Waals surface area contributed by atoms with Crippen molar-refractivity contribution >= 4 is 59.2 Å². The van der Waals surface area contributed by atoms with Crippen LogP contribution in [0.15, 0.2) is 60.7 Å². The summed E-state index contributed by atoms with van der Waals surface area (Å²) < 4.78 is 0. The summed E-state index contributed by atoms with van der Waals surface area (Å²) in [6.07, 6.45) is -2.88. The summed E-state index contributed by atoms with van der Waals surface area (Å²) in [6.45, 7) is 2.62. The number of nitrogens with one attached hydrogen (secondary N) is 7. The topological polar surface area (TPSA) is 347 Å². The molecule has 7 atom stereocenters. The fraction of sp³-hybridized carbons (Fsp3) is 0.436. The Kier molecular flexibility index (Phi) is 18.1. The molecule has 2 aromatic rings. The minimum Gasteiger partial charge on any atom is -0.481 e. The van der Waals surface area contributed by atoms with Crippen molar-refractivity contribution in [3.63, 3.8) is 0 Å². The fourth-order valence-electron chi connectivity index (χ4n) is 6.04. The maximum Gasteiger partial charge on any atom is 0.305 e. The molecule has 8 amide bonds. The minimum atomic E-state index is -1.89. The van der Waals surface area contributed by atoms with Gasteiger partial charge in [0.2, 0.25) is 47.3 Å². The van der Waals surface area contributed by atoms with Crippen LogP contribution in [0.3, 0.4) is 0 Å². The molecule has 0 bridgehead atoms. The van der Waals surface area contributed by atoms with Gasteiger partial charge in [0.1, 0.15) is 36.3 Å². The maximum atomic E-state index is 13.8. The van der Waals surface area contributed by atoms with Gasteiger partial charge in [-0.3, -0.25) is 47.9 Å². The molecule has 21 nitrogen and oxygen atoms in total. The monoisotopic (exact) mass is 837 g/mol. The number of carbonyl (C=O) groups is 10. The molecule has 0 aromatic heterocycles. The Morgan fingerprint density at radius 3 is 1.85 bits per heavy atom. The van der Waals surface area contributed by atoms with Gasteiger partial charge in [-0.05, 0) is 29.9 Å². The van der Waals surface area contributed by atoms with E-state index < -0.39 is 127 Å². The first kappa shape index (κ1) is 47.5. The third-order valence-corrected chi connectivity index (χ3v) is 9.10. The highest BCUT2D eigenvalue weighted by Gasteiger charge is 2.36. The Morgan fingerprint density at radius 2 is 1.30 bits per heavy atom. The van der Waals surface area contributed by atoms with Crippen molar-refractivity contribution < 1.29 is 58.2 Å². The molecule has 0 unspecified atom stereocenters. The molecule has 0 saturated carbocycles. The van der Waals surface area contributed by atoms with Crippen LogP contribution >= 0.6 is 0 Å². The molecular weight excluding hydrogens is 786 g/mol. The van der Waals surface area contributed by atoms with Crippen LogP contribution in [0.5, 0.6) is 0 Å². The zero-order valence-corrected chi connectivity index (χ0v) is 33.0. The van der Waals surface area contributed by atoms with E-state index in [0.29, 0.717) is 11.1 Å². The van der Waals surface area contributed by atoms with E-state index in [1.165, 1.54) is 0 Å². The van der Waals surface area contributed by atoms with Crippen molar-refractivity contribution in [2.45, 2.75) is 94.7 Å². The third-order valence-electron chi connectivity index (χ3n) is 9.10. The second-order valence-corrected chi connectivity index (χ2v) is 14.6. The largest absolute Gasteiger partial charge is 0.481 e. The first-order chi connectivity index (χ1) is 28.3. The highest BCUT2D eigenvalue weighted by Crippen LogP contribution is 2.10. The Labute approximate surface area is 344 Å². The summed E-state index contributed by atoms with van der Waals surface area (Å²) in [5.41, 5.74) is 12.9. The SMILES string of the molecule is CC(C)C[C@@H]1NC(=O)[C@@H](NC(=O)[C@@H](N)Cc2ccccc2)CC(=O)NC[C@@H](C(=O)N[C@H](CC(=O)O)C(=O)N[C@H](Cc2ccccc2)C(N)=O)NC(=O)[C@H](CC(=O)O)NC1=O. The molecule has 1 fully saturated rings. The van der Waals surface area contributed by atoms with E-state index in [1.54, 1.807) is 74.5 Å². The van der Waals surface area contributed by atoms with Gasteiger partial charge in [-0.25, -0.2) is 0 Å². The lowest BCUT2D eigenvalue weighted by atomic mass is 10.0. The number of aliphatic carboxylic acids is 2. The van der Waals surface area contributed by atoms with Crippen molar-refractivity contribution in [2.24, 2.45) is 17.4 Å². The lowest BCUT2D eigenvalue weighted by Gasteiger charge is -2.28. The van der Waals surface area contributed by atoms with E-state index in [2.05, 4.69) is 37.2 Å². The van der Waals surface area contributed by atoms with E-state index in [1.807, 2.05) is 0 Å². The smallest absolute Gasteiger partial charge is 0.305 e. The molecule has 13 N–H and O–H groups in total. The molecule has 21 heteroatoms. The van der Waals surface area contributed by atoms with Gasteiger partial charge in [-0.15, -0.1) is 0 Å². The summed E-state index contributed by atoms with van der Waals surface area (Å²) >= 11 is 0. The van der Waals surface area contributed by atoms with Crippen LogP contribution in [-0.4, -0.2) is 118 Å². The Morgan fingerprint density at radius 1 is 0.733 bits per heavy atom. The zero-order valence-electron chi connectivity index (χ0n) is 33.0. The van der Waals surface area contributed by atoms with Gasteiger partial charge in [0.15, 0.2) is 0 Å². The maximum absolute atomic E-state index is 13.8. The first-order valence-electron chi connectivity index (χ1n) is 19.0. The minimum absolute atomic E-state index is 0.0423. The van der Waals surface area contributed by atoms with Crippen LogP contribution in [0.25, 0.3) is 0 Å². The Bertz CT molecular complexity index is 1900. The molecule has 1 saturated heterocycles. The van der Waals surface area contributed by atoms with E-state index in [0.717, 1.165) is 0 Å². The van der Waals surface area contributed by atoms with E-state index in [4.69, 9.17) is 11.5 Å². The van der Waals surface area contributed by atoms with Crippen molar-refractivity contribution in [2.75, 3.05) is 6.54 Å². The van der Waals surface area contributed by atoms with E-state index in [-0.39, 0.29) is 25.2 Å². The number of hydrogen-bond acceptors (Lipinski definition) is 11. The Balaban J connectivity index is 1.94. The second kappa shape index (κ2) is 22.9. The highest BCUT2D eigenvalue weighted by molar-refractivity contribution is 6.00. The van der Waals surface area contributed by atoms with E-state index in [9.17, 15) is 58.2 Å². The first-order valence-corrected chi connectivity index (χ1v) is 19.0. The molecule has 60 heavy (non-hydrogen) atoms. The quantitative estimate of drug-likeness (QED) is 0.0745. The number of hydrogen-bond donors (Lipinski definition) is 11. The molecule has 1 aliphatic heterocycles. The molecule has 0 aliphatic carbocycles. The summed E-state index contributed by atoms with van der Waals surface area (Å²) in [6, 6.07) is 5.85. The van der Waals surface area contributed by atoms with Gasteiger partial charge in [-0.2, -0.15) is 0 Å². The van der Waals surface area contributed by atoms with Crippen LogP contribution in [-0.2, 0) is 60.8 Å². The molecule has 1 aliphatic rings. The molecule has 3 rings (SSSR count). The molecule has 0 radical (unpaired) electrons. The normalized spacial score (nSPS) is 20.3. The van der Waals surface area contributed by atoms with Gasteiger partial charge in [0.25, 0.3) is 0 Å². The molecule has 2 aromatic carbocycles. The average Bonchev–Trinajstić information content (AvgIpc) is 3.17. The highest BCUT2D eigenvalue weighted by atomic mass is 16.4. The van der Waals surface area contributed by atoms with Crippen LogP contribution in [0, 0.1) is 5.92 Å². The molecule has 324 valence electrons. The fourth-order valence-corrected chi connectivity index (χ4v) is 6.04. The molecule has 1 heterocycles. The number of amides is 8. The summed E-state index contributed by atoms with van der Waals surface area (Å²) in [4.78, 5) is 131. The summed E-state index contributed by atoms with van der Waals surface area (Å²) in [5, 5.41) is 35.4. The predicted molar refractivity (Wildman–Crippen MR) is 211 cm³/mol. The van der Waals surface area contributed by atoms with Gasteiger partial charge in [0, 0.05) is 13.0 Å². The van der Waals surface area contributed by atoms with Crippen LogP contribution < -0.4 is 48.7 Å². The van der Waals surface area contributed by atoms with Crippen LogP contribution in [0.1, 0.15) is 50.7 Å². The second-order valence-electron chi connectivity index (χ2n) is 14.6. The van der Waals surface area contributed by atoms with Crippen LogP contribution in [0.4, 0.5) is 0 Å². The number of rotatable bonds is 17.